The lowest BCUT2D eigenvalue weighted by Gasteiger charge is -2.12. The van der Waals surface area contributed by atoms with Gasteiger partial charge in [0.05, 0.1) is 38.2 Å². The summed E-state index contributed by atoms with van der Waals surface area (Å²) in [5.41, 5.74) is 3.44. The van der Waals surface area contributed by atoms with Crippen molar-refractivity contribution in [1.29, 1.82) is 0 Å². The van der Waals surface area contributed by atoms with Crippen LogP contribution in [-0.4, -0.2) is 47.9 Å². The van der Waals surface area contributed by atoms with Gasteiger partial charge in [0.2, 0.25) is 0 Å². The monoisotopic (exact) mass is 256 g/mol. The molecule has 1 rings (SSSR count). The van der Waals surface area contributed by atoms with Crippen LogP contribution in [-0.2, 0) is 22.4 Å². The lowest BCUT2D eigenvalue weighted by molar-refractivity contribution is 0.00573. The molecule has 5 heteroatoms. The summed E-state index contributed by atoms with van der Waals surface area (Å²) in [7, 11) is 1.63. The highest BCUT2D eigenvalue weighted by molar-refractivity contribution is 5.24. The van der Waals surface area contributed by atoms with Crippen molar-refractivity contribution in [2.45, 2.75) is 39.8 Å². The number of ether oxygens (including phenoxy) is 2. The van der Waals surface area contributed by atoms with Gasteiger partial charge in [-0.05, 0) is 25.8 Å². The second-order valence-corrected chi connectivity index (χ2v) is 4.41. The molecule has 0 aliphatic carbocycles. The first-order valence-electron chi connectivity index (χ1n) is 6.37. The molecular formula is C13H24N2O3. The summed E-state index contributed by atoms with van der Waals surface area (Å²) in [5, 5.41) is 14.3. The van der Waals surface area contributed by atoms with E-state index in [1.54, 1.807) is 7.11 Å². The zero-order valence-corrected chi connectivity index (χ0v) is 11.8. The molecule has 18 heavy (non-hydrogen) atoms. The summed E-state index contributed by atoms with van der Waals surface area (Å²) >= 11 is 0. The first-order chi connectivity index (χ1) is 8.60. The zero-order valence-electron chi connectivity index (χ0n) is 11.8. The molecule has 0 saturated carbocycles. The number of rotatable bonds is 8. The molecule has 1 atom stereocenters. The third kappa shape index (κ3) is 4.08. The first kappa shape index (κ1) is 15.1. The lowest BCUT2D eigenvalue weighted by Crippen LogP contribution is -2.24. The second-order valence-electron chi connectivity index (χ2n) is 4.41. The average Bonchev–Trinajstić information content (AvgIpc) is 2.60. The van der Waals surface area contributed by atoms with Gasteiger partial charge in [-0.2, -0.15) is 5.10 Å². The minimum absolute atomic E-state index is 0.309. The van der Waals surface area contributed by atoms with E-state index in [4.69, 9.17) is 9.47 Å². The van der Waals surface area contributed by atoms with Gasteiger partial charge in [0, 0.05) is 12.8 Å². The van der Waals surface area contributed by atoms with Crippen LogP contribution < -0.4 is 0 Å². The molecule has 1 N–H and O–H groups in total. The molecule has 0 bridgehead atoms. The Hall–Kier alpha value is -0.910. The van der Waals surface area contributed by atoms with Crippen molar-refractivity contribution >= 4 is 0 Å². The number of nitrogens with zero attached hydrogens (tertiary/aromatic N) is 2. The van der Waals surface area contributed by atoms with E-state index in [0.29, 0.717) is 26.4 Å². The highest BCUT2D eigenvalue weighted by Gasteiger charge is 2.13. The van der Waals surface area contributed by atoms with Gasteiger partial charge in [-0.15, -0.1) is 0 Å². The fourth-order valence-corrected chi connectivity index (χ4v) is 2.04. The quantitative estimate of drug-likeness (QED) is 0.707. The fourth-order valence-electron chi connectivity index (χ4n) is 2.04. The van der Waals surface area contributed by atoms with Crippen LogP contribution in [0.3, 0.4) is 0 Å². The minimum Gasteiger partial charge on any atom is -0.389 e. The van der Waals surface area contributed by atoms with E-state index in [9.17, 15) is 5.11 Å². The van der Waals surface area contributed by atoms with Crippen LogP contribution in [0.15, 0.2) is 0 Å². The number of aliphatic hydroxyl groups is 1. The van der Waals surface area contributed by atoms with Crippen LogP contribution >= 0.6 is 0 Å². The fraction of sp³-hybridized carbons (Fsp3) is 0.769. The molecule has 0 spiro atoms. The first-order valence-corrected chi connectivity index (χ1v) is 6.37. The molecule has 0 fully saturated rings. The molecule has 0 aliphatic heterocycles. The molecule has 0 aliphatic rings. The smallest absolute Gasteiger partial charge is 0.0969 e. The maximum Gasteiger partial charge on any atom is 0.0969 e. The van der Waals surface area contributed by atoms with Gasteiger partial charge in [0.25, 0.3) is 0 Å². The molecule has 0 saturated heterocycles. The zero-order chi connectivity index (χ0) is 13.5. The van der Waals surface area contributed by atoms with Crippen molar-refractivity contribution in [2.75, 3.05) is 26.9 Å². The maximum atomic E-state index is 9.87. The molecule has 0 aromatic carbocycles. The normalized spacial score (nSPS) is 12.9. The van der Waals surface area contributed by atoms with Gasteiger partial charge >= 0.3 is 0 Å². The summed E-state index contributed by atoms with van der Waals surface area (Å²) in [6, 6.07) is 0. The average molecular weight is 256 g/mol. The molecule has 1 aromatic heterocycles. The number of methoxy groups -OCH3 is 1. The van der Waals surface area contributed by atoms with Crippen molar-refractivity contribution in [1.82, 2.24) is 9.78 Å². The number of aliphatic hydroxyl groups excluding tert-OH is 1. The predicted octanol–water partition coefficient (Wildman–Crippen LogP) is 1.09. The van der Waals surface area contributed by atoms with Crippen LogP contribution in [0.2, 0.25) is 0 Å². The molecule has 104 valence electrons. The molecule has 0 amide bonds. The van der Waals surface area contributed by atoms with E-state index in [2.05, 4.69) is 12.0 Å². The highest BCUT2D eigenvalue weighted by Crippen LogP contribution is 2.13. The van der Waals surface area contributed by atoms with Crippen molar-refractivity contribution in [3.05, 3.63) is 17.0 Å². The number of aryl methyl sites for hydroxylation is 1. The molecule has 1 aromatic rings. The van der Waals surface area contributed by atoms with Gasteiger partial charge < -0.3 is 14.6 Å². The van der Waals surface area contributed by atoms with E-state index in [1.807, 2.05) is 18.5 Å². The molecule has 5 nitrogen and oxygen atoms in total. The van der Waals surface area contributed by atoms with E-state index in [1.165, 1.54) is 5.56 Å². The summed E-state index contributed by atoms with van der Waals surface area (Å²) < 4.78 is 12.0. The van der Waals surface area contributed by atoms with Gasteiger partial charge in [-0.1, -0.05) is 6.92 Å². The maximum absolute atomic E-state index is 9.87. The Labute approximate surface area is 109 Å². The Kier molecular flexibility index (Phi) is 6.32. The Morgan fingerprint density at radius 1 is 1.33 bits per heavy atom. The van der Waals surface area contributed by atoms with Crippen LogP contribution in [0.1, 0.15) is 23.9 Å². The number of hydrogen-bond donors (Lipinski definition) is 1. The standard InChI is InChI=1S/C13H24N2O3/c1-5-13-10(2)14-15(11(13)3)8-12(16)9-18-7-6-17-4/h12,16H,5-9H2,1-4H3. The van der Waals surface area contributed by atoms with Gasteiger partial charge in [0.15, 0.2) is 0 Å². The van der Waals surface area contributed by atoms with E-state index in [0.717, 1.165) is 17.8 Å². The Bertz CT molecular complexity index is 363. The summed E-state index contributed by atoms with van der Waals surface area (Å²) in [6.45, 7) is 7.99. The third-order valence-corrected chi connectivity index (χ3v) is 3.01. The van der Waals surface area contributed by atoms with E-state index >= 15 is 0 Å². The van der Waals surface area contributed by atoms with Crippen LogP contribution in [0, 0.1) is 13.8 Å². The number of hydrogen-bond acceptors (Lipinski definition) is 4. The lowest BCUT2D eigenvalue weighted by atomic mass is 10.1. The predicted molar refractivity (Wildman–Crippen MR) is 69.8 cm³/mol. The van der Waals surface area contributed by atoms with E-state index < -0.39 is 6.10 Å². The van der Waals surface area contributed by atoms with E-state index in [-0.39, 0.29) is 0 Å². The Balaban J connectivity index is 2.46. The van der Waals surface area contributed by atoms with Crippen LogP contribution in [0.25, 0.3) is 0 Å². The Morgan fingerprint density at radius 3 is 2.61 bits per heavy atom. The minimum atomic E-state index is -0.537. The SMILES string of the molecule is CCc1c(C)nn(CC(O)COCCOC)c1C. The van der Waals surface area contributed by atoms with Gasteiger partial charge in [-0.3, -0.25) is 4.68 Å². The van der Waals surface area contributed by atoms with Crippen LogP contribution in [0.5, 0.6) is 0 Å². The van der Waals surface area contributed by atoms with Crippen molar-refractivity contribution < 1.29 is 14.6 Å². The molecule has 1 unspecified atom stereocenters. The Morgan fingerprint density at radius 2 is 2.06 bits per heavy atom. The van der Waals surface area contributed by atoms with Gasteiger partial charge in [0.1, 0.15) is 0 Å². The van der Waals surface area contributed by atoms with Crippen molar-refractivity contribution in [2.24, 2.45) is 0 Å². The highest BCUT2D eigenvalue weighted by atomic mass is 16.5. The second kappa shape index (κ2) is 7.51. The largest absolute Gasteiger partial charge is 0.389 e. The molecular weight excluding hydrogens is 232 g/mol. The van der Waals surface area contributed by atoms with Crippen molar-refractivity contribution in [3.8, 4) is 0 Å². The molecule has 1 heterocycles. The van der Waals surface area contributed by atoms with Gasteiger partial charge in [-0.25, -0.2) is 0 Å². The van der Waals surface area contributed by atoms with Crippen LogP contribution in [0.4, 0.5) is 0 Å². The summed E-state index contributed by atoms with van der Waals surface area (Å²) in [4.78, 5) is 0. The third-order valence-electron chi connectivity index (χ3n) is 3.01. The topological polar surface area (TPSA) is 56.5 Å². The summed E-state index contributed by atoms with van der Waals surface area (Å²) in [6.07, 6.45) is 0.433. The number of aromatic nitrogens is 2. The summed E-state index contributed by atoms with van der Waals surface area (Å²) in [5.74, 6) is 0. The molecule has 0 radical (unpaired) electrons. The van der Waals surface area contributed by atoms with Crippen molar-refractivity contribution in [3.63, 3.8) is 0 Å².